The van der Waals surface area contributed by atoms with Crippen LogP contribution in [-0.4, -0.2) is 21.3 Å². The summed E-state index contributed by atoms with van der Waals surface area (Å²) in [7, 11) is 5.07. The standard InChI is InChI=1S/C31H32O4/c1-32-27-10-4-7-23(19-27)13-14-25-9-6-12-29(21-25)35-30-18-17-26(22-31(30)34-3)16-15-24-8-5-11-28(20-24)33-2/h4-12,17-22H,13-16H2,1-3H3. The fraction of sp³-hybridized carbons (Fsp3) is 0.226. The van der Waals surface area contributed by atoms with Crippen LogP contribution in [0.5, 0.6) is 28.7 Å². The average molecular weight is 469 g/mol. The van der Waals surface area contributed by atoms with E-state index in [0.717, 1.165) is 48.7 Å². The van der Waals surface area contributed by atoms with Crippen LogP contribution in [0.15, 0.2) is 91.0 Å². The van der Waals surface area contributed by atoms with Crippen LogP contribution in [-0.2, 0) is 25.7 Å². The molecular weight excluding hydrogens is 436 g/mol. The third kappa shape index (κ3) is 6.80. The average Bonchev–Trinajstić information content (AvgIpc) is 2.91. The van der Waals surface area contributed by atoms with Gasteiger partial charge in [0.25, 0.3) is 0 Å². The number of aryl methyl sites for hydroxylation is 4. The van der Waals surface area contributed by atoms with E-state index in [-0.39, 0.29) is 0 Å². The summed E-state index contributed by atoms with van der Waals surface area (Å²) >= 11 is 0. The van der Waals surface area contributed by atoms with Crippen LogP contribution >= 0.6 is 0 Å². The fourth-order valence-electron chi connectivity index (χ4n) is 4.08. The first-order valence-corrected chi connectivity index (χ1v) is 11.9. The molecule has 4 aromatic carbocycles. The zero-order valence-electron chi connectivity index (χ0n) is 20.6. The lowest BCUT2D eigenvalue weighted by molar-refractivity contribution is 0.378. The summed E-state index contributed by atoms with van der Waals surface area (Å²) in [6, 6.07) is 30.8. The first kappa shape index (κ1) is 24.2. The van der Waals surface area contributed by atoms with E-state index >= 15 is 0 Å². The van der Waals surface area contributed by atoms with Gasteiger partial charge in [0.2, 0.25) is 0 Å². The molecule has 0 N–H and O–H groups in total. The molecule has 0 aromatic heterocycles. The third-order valence-electron chi connectivity index (χ3n) is 6.03. The summed E-state index contributed by atoms with van der Waals surface area (Å²) in [6.45, 7) is 0. The highest BCUT2D eigenvalue weighted by Crippen LogP contribution is 2.33. The Bertz CT molecular complexity index is 1250. The second kappa shape index (κ2) is 12.0. The molecule has 0 heterocycles. The number of rotatable bonds is 11. The summed E-state index contributed by atoms with van der Waals surface area (Å²) in [5.74, 6) is 4.02. The van der Waals surface area contributed by atoms with E-state index < -0.39 is 0 Å². The Morgan fingerprint density at radius 1 is 0.429 bits per heavy atom. The van der Waals surface area contributed by atoms with Gasteiger partial charge in [-0.2, -0.15) is 0 Å². The minimum Gasteiger partial charge on any atom is -0.497 e. The summed E-state index contributed by atoms with van der Waals surface area (Å²) in [6.07, 6.45) is 3.69. The van der Waals surface area contributed by atoms with E-state index in [9.17, 15) is 0 Å². The van der Waals surface area contributed by atoms with Gasteiger partial charge in [-0.05, 0) is 96.5 Å². The lowest BCUT2D eigenvalue weighted by Gasteiger charge is -2.13. The molecule has 4 nitrogen and oxygen atoms in total. The molecule has 35 heavy (non-hydrogen) atoms. The SMILES string of the molecule is COc1cccc(CCc2cccc(Oc3ccc(CCc4cccc(OC)c4)cc3OC)c2)c1. The van der Waals surface area contributed by atoms with Crippen molar-refractivity contribution in [1.29, 1.82) is 0 Å². The van der Waals surface area contributed by atoms with Crippen LogP contribution in [0, 0.1) is 0 Å². The maximum Gasteiger partial charge on any atom is 0.169 e. The van der Waals surface area contributed by atoms with E-state index in [0.29, 0.717) is 5.75 Å². The van der Waals surface area contributed by atoms with E-state index in [4.69, 9.17) is 18.9 Å². The maximum atomic E-state index is 6.22. The molecule has 4 aromatic rings. The summed E-state index contributed by atoms with van der Waals surface area (Å²) in [5.41, 5.74) is 4.92. The summed E-state index contributed by atoms with van der Waals surface area (Å²) in [5, 5.41) is 0. The number of hydrogen-bond acceptors (Lipinski definition) is 4. The summed E-state index contributed by atoms with van der Waals surface area (Å²) in [4.78, 5) is 0. The highest BCUT2D eigenvalue weighted by Gasteiger charge is 2.09. The van der Waals surface area contributed by atoms with Gasteiger partial charge in [0.15, 0.2) is 11.5 Å². The Hall–Kier alpha value is -3.92. The van der Waals surface area contributed by atoms with Gasteiger partial charge < -0.3 is 18.9 Å². The van der Waals surface area contributed by atoms with Crippen molar-refractivity contribution >= 4 is 0 Å². The van der Waals surface area contributed by atoms with Crippen LogP contribution in [0.3, 0.4) is 0 Å². The molecule has 0 aliphatic heterocycles. The predicted octanol–water partition coefficient (Wildman–Crippen LogP) is 7.08. The normalized spacial score (nSPS) is 10.6. The quantitative estimate of drug-likeness (QED) is 0.236. The van der Waals surface area contributed by atoms with Gasteiger partial charge >= 0.3 is 0 Å². The molecular formula is C31H32O4. The van der Waals surface area contributed by atoms with Gasteiger partial charge in [0, 0.05) is 0 Å². The van der Waals surface area contributed by atoms with Crippen molar-refractivity contribution in [3.05, 3.63) is 113 Å². The highest BCUT2D eigenvalue weighted by atomic mass is 16.5. The molecule has 0 atom stereocenters. The molecule has 0 aliphatic carbocycles. The largest absolute Gasteiger partial charge is 0.497 e. The van der Waals surface area contributed by atoms with Crippen LogP contribution < -0.4 is 18.9 Å². The van der Waals surface area contributed by atoms with Gasteiger partial charge in [-0.15, -0.1) is 0 Å². The van der Waals surface area contributed by atoms with Gasteiger partial charge in [-0.3, -0.25) is 0 Å². The lowest BCUT2D eigenvalue weighted by Crippen LogP contribution is -1.96. The molecule has 180 valence electrons. The van der Waals surface area contributed by atoms with Crippen molar-refractivity contribution in [2.45, 2.75) is 25.7 Å². The Morgan fingerprint density at radius 3 is 1.37 bits per heavy atom. The molecule has 0 bridgehead atoms. The third-order valence-corrected chi connectivity index (χ3v) is 6.03. The summed E-state index contributed by atoms with van der Waals surface area (Å²) < 4.78 is 22.5. The molecule has 0 saturated carbocycles. The van der Waals surface area contributed by atoms with Crippen molar-refractivity contribution in [2.75, 3.05) is 21.3 Å². The van der Waals surface area contributed by atoms with E-state index in [2.05, 4.69) is 48.5 Å². The Balaban J connectivity index is 1.40. The van der Waals surface area contributed by atoms with Gasteiger partial charge in [0.05, 0.1) is 21.3 Å². The zero-order chi connectivity index (χ0) is 24.5. The van der Waals surface area contributed by atoms with Crippen LogP contribution in [0.25, 0.3) is 0 Å². The first-order chi connectivity index (χ1) is 17.2. The molecule has 0 saturated heterocycles. The van der Waals surface area contributed by atoms with Gasteiger partial charge in [-0.25, -0.2) is 0 Å². The van der Waals surface area contributed by atoms with Crippen molar-refractivity contribution in [2.24, 2.45) is 0 Å². The fourth-order valence-corrected chi connectivity index (χ4v) is 4.08. The molecule has 0 aliphatic rings. The molecule has 0 fully saturated rings. The molecule has 0 radical (unpaired) electrons. The van der Waals surface area contributed by atoms with Crippen molar-refractivity contribution in [1.82, 2.24) is 0 Å². The van der Waals surface area contributed by atoms with Crippen molar-refractivity contribution in [3.63, 3.8) is 0 Å². The minimum atomic E-state index is 0.711. The van der Waals surface area contributed by atoms with Crippen molar-refractivity contribution in [3.8, 4) is 28.7 Å². The number of methoxy groups -OCH3 is 3. The number of ether oxygens (including phenoxy) is 4. The smallest absolute Gasteiger partial charge is 0.169 e. The van der Waals surface area contributed by atoms with Crippen LogP contribution in [0.1, 0.15) is 22.3 Å². The van der Waals surface area contributed by atoms with E-state index in [1.54, 1.807) is 21.3 Å². The highest BCUT2D eigenvalue weighted by molar-refractivity contribution is 5.46. The first-order valence-electron chi connectivity index (χ1n) is 11.9. The molecule has 0 spiro atoms. The zero-order valence-corrected chi connectivity index (χ0v) is 20.6. The Labute approximate surface area is 208 Å². The van der Waals surface area contributed by atoms with Crippen molar-refractivity contribution < 1.29 is 18.9 Å². The molecule has 4 heteroatoms. The topological polar surface area (TPSA) is 36.9 Å². The second-order valence-electron chi connectivity index (χ2n) is 8.44. The Kier molecular flexibility index (Phi) is 8.29. The van der Waals surface area contributed by atoms with Gasteiger partial charge in [0.1, 0.15) is 17.2 Å². The Morgan fingerprint density at radius 2 is 0.886 bits per heavy atom. The van der Waals surface area contributed by atoms with Gasteiger partial charge in [-0.1, -0.05) is 42.5 Å². The predicted molar refractivity (Wildman–Crippen MR) is 140 cm³/mol. The molecule has 0 unspecified atom stereocenters. The number of hydrogen-bond donors (Lipinski definition) is 0. The van der Waals surface area contributed by atoms with Crippen LogP contribution in [0.4, 0.5) is 0 Å². The second-order valence-corrected chi connectivity index (χ2v) is 8.44. The minimum absolute atomic E-state index is 0.711. The lowest BCUT2D eigenvalue weighted by atomic mass is 10.0. The maximum absolute atomic E-state index is 6.22. The number of benzene rings is 4. The van der Waals surface area contributed by atoms with E-state index in [1.807, 2.05) is 42.5 Å². The van der Waals surface area contributed by atoms with Crippen LogP contribution in [0.2, 0.25) is 0 Å². The molecule has 4 rings (SSSR count). The monoisotopic (exact) mass is 468 g/mol. The molecule has 0 amide bonds. The van der Waals surface area contributed by atoms with E-state index in [1.165, 1.54) is 22.3 Å².